The van der Waals surface area contributed by atoms with Gasteiger partial charge in [0.2, 0.25) is 11.8 Å². The number of nitrogens with zero attached hydrogens (tertiary/aromatic N) is 3. The van der Waals surface area contributed by atoms with Crippen LogP contribution in [0.15, 0.2) is 36.8 Å². The fourth-order valence-electron chi connectivity index (χ4n) is 1.20. The zero-order valence-electron chi connectivity index (χ0n) is 9.62. The zero-order valence-corrected chi connectivity index (χ0v) is 9.62. The van der Waals surface area contributed by atoms with Crippen LogP contribution in [0.25, 0.3) is 0 Å². The van der Waals surface area contributed by atoms with Gasteiger partial charge in [-0.3, -0.25) is 20.6 Å². The second-order valence-electron chi connectivity index (χ2n) is 3.24. The van der Waals surface area contributed by atoms with E-state index < -0.39 is 0 Å². The maximum absolute atomic E-state index is 11.7. The van der Waals surface area contributed by atoms with E-state index in [-0.39, 0.29) is 11.9 Å². The van der Waals surface area contributed by atoms with Gasteiger partial charge in [-0.1, -0.05) is 0 Å². The van der Waals surface area contributed by atoms with Crippen LogP contribution >= 0.6 is 0 Å². The summed E-state index contributed by atoms with van der Waals surface area (Å²) in [6, 6.07) is 4.93. The van der Waals surface area contributed by atoms with Gasteiger partial charge in [0.15, 0.2) is 0 Å². The van der Waals surface area contributed by atoms with Gasteiger partial charge in [-0.25, -0.2) is 4.98 Å². The van der Waals surface area contributed by atoms with Gasteiger partial charge < -0.3 is 4.74 Å². The van der Waals surface area contributed by atoms with Crippen LogP contribution in [-0.2, 0) is 0 Å². The molecule has 92 valence electrons. The van der Waals surface area contributed by atoms with Crippen molar-refractivity contribution in [3.8, 4) is 5.88 Å². The molecule has 0 aliphatic heterocycles. The van der Waals surface area contributed by atoms with Gasteiger partial charge in [-0.2, -0.15) is 4.98 Å². The average molecular weight is 245 g/mol. The molecule has 2 aromatic heterocycles. The lowest BCUT2D eigenvalue weighted by Gasteiger charge is -2.07. The maximum atomic E-state index is 11.7. The van der Waals surface area contributed by atoms with E-state index in [1.165, 1.54) is 19.5 Å². The van der Waals surface area contributed by atoms with E-state index in [9.17, 15) is 4.79 Å². The highest BCUT2D eigenvalue weighted by Gasteiger charge is 2.05. The molecule has 7 nitrogen and oxygen atoms in total. The number of hydrogen-bond acceptors (Lipinski definition) is 6. The first-order valence-corrected chi connectivity index (χ1v) is 5.13. The Morgan fingerprint density at radius 1 is 1.33 bits per heavy atom. The molecule has 0 aliphatic carbocycles. The average Bonchev–Trinajstić information content (AvgIpc) is 2.46. The number of nitrogens with one attached hydrogen (secondary N) is 2. The van der Waals surface area contributed by atoms with Gasteiger partial charge in [0.25, 0.3) is 5.91 Å². The lowest BCUT2D eigenvalue weighted by Crippen LogP contribution is -2.30. The minimum absolute atomic E-state index is 0.242. The summed E-state index contributed by atoms with van der Waals surface area (Å²) >= 11 is 0. The second kappa shape index (κ2) is 5.58. The molecule has 7 heteroatoms. The molecule has 0 bridgehead atoms. The lowest BCUT2D eigenvalue weighted by molar-refractivity contribution is 0.0962. The Hall–Kier alpha value is -2.70. The van der Waals surface area contributed by atoms with E-state index >= 15 is 0 Å². The van der Waals surface area contributed by atoms with Crippen LogP contribution in [0, 0.1) is 0 Å². The van der Waals surface area contributed by atoms with Crippen molar-refractivity contribution in [2.24, 2.45) is 0 Å². The van der Waals surface area contributed by atoms with Crippen LogP contribution in [0.3, 0.4) is 0 Å². The van der Waals surface area contributed by atoms with Crippen molar-refractivity contribution in [3.63, 3.8) is 0 Å². The molecule has 0 saturated heterocycles. The highest BCUT2D eigenvalue weighted by atomic mass is 16.5. The van der Waals surface area contributed by atoms with Gasteiger partial charge in [0, 0.05) is 24.7 Å². The first kappa shape index (κ1) is 11.8. The number of aromatic nitrogens is 3. The monoisotopic (exact) mass is 245 g/mol. The summed E-state index contributed by atoms with van der Waals surface area (Å²) in [4.78, 5) is 23.4. The number of hydrazine groups is 1. The first-order valence-electron chi connectivity index (χ1n) is 5.13. The third-order valence-corrected chi connectivity index (χ3v) is 2.05. The summed E-state index contributed by atoms with van der Waals surface area (Å²) in [5.41, 5.74) is 5.48. The number of ether oxygens (including phenoxy) is 1. The number of pyridine rings is 1. The molecule has 2 heterocycles. The first-order chi connectivity index (χ1) is 8.79. The van der Waals surface area contributed by atoms with E-state index in [1.807, 2.05) is 0 Å². The zero-order chi connectivity index (χ0) is 12.8. The highest BCUT2D eigenvalue weighted by molar-refractivity contribution is 5.94. The lowest BCUT2D eigenvalue weighted by atomic mass is 10.3. The number of rotatable bonds is 4. The molecule has 0 fully saturated rings. The molecular formula is C11H11N5O2. The van der Waals surface area contributed by atoms with Crippen LogP contribution in [-0.4, -0.2) is 28.0 Å². The molecule has 0 spiro atoms. The van der Waals surface area contributed by atoms with E-state index in [2.05, 4.69) is 25.8 Å². The predicted octanol–water partition coefficient (Wildman–Crippen LogP) is 0.637. The van der Waals surface area contributed by atoms with Crippen molar-refractivity contribution in [1.82, 2.24) is 20.4 Å². The van der Waals surface area contributed by atoms with Crippen LogP contribution in [0.4, 0.5) is 5.95 Å². The number of hydrogen-bond donors (Lipinski definition) is 2. The fourth-order valence-corrected chi connectivity index (χ4v) is 1.20. The molecule has 2 rings (SSSR count). The minimum atomic E-state index is -0.325. The predicted molar refractivity (Wildman–Crippen MR) is 63.9 cm³/mol. The van der Waals surface area contributed by atoms with E-state index in [0.29, 0.717) is 11.4 Å². The Morgan fingerprint density at radius 2 is 2.22 bits per heavy atom. The van der Waals surface area contributed by atoms with Crippen LogP contribution in [0.2, 0.25) is 0 Å². The van der Waals surface area contributed by atoms with Gasteiger partial charge in [-0.15, -0.1) is 0 Å². The van der Waals surface area contributed by atoms with Crippen molar-refractivity contribution in [3.05, 3.63) is 42.4 Å². The van der Waals surface area contributed by atoms with Crippen LogP contribution in [0.5, 0.6) is 5.88 Å². The highest BCUT2D eigenvalue weighted by Crippen LogP contribution is 2.06. The van der Waals surface area contributed by atoms with Crippen molar-refractivity contribution < 1.29 is 9.53 Å². The Balaban J connectivity index is 1.97. The third kappa shape index (κ3) is 2.91. The minimum Gasteiger partial charge on any atom is -0.481 e. The Kier molecular flexibility index (Phi) is 3.65. The number of carbonyl (C=O) groups is 1. The molecule has 2 aromatic rings. The van der Waals surface area contributed by atoms with Gasteiger partial charge in [0.05, 0.1) is 12.7 Å². The van der Waals surface area contributed by atoms with Gasteiger partial charge in [0.1, 0.15) is 0 Å². The molecule has 18 heavy (non-hydrogen) atoms. The quantitative estimate of drug-likeness (QED) is 0.768. The molecule has 0 aromatic carbocycles. The summed E-state index contributed by atoms with van der Waals surface area (Å²) in [7, 11) is 1.50. The molecule has 0 atom stereocenters. The van der Waals surface area contributed by atoms with E-state index in [4.69, 9.17) is 4.74 Å². The van der Waals surface area contributed by atoms with Crippen molar-refractivity contribution in [2.45, 2.75) is 0 Å². The molecular weight excluding hydrogens is 234 g/mol. The Morgan fingerprint density at radius 3 is 2.94 bits per heavy atom. The number of carbonyl (C=O) groups excluding carboxylic acids is 1. The summed E-state index contributed by atoms with van der Waals surface area (Å²) in [6.45, 7) is 0. The SMILES string of the molecule is COc1ccnc(NNC(=O)c2cccnc2)n1. The molecule has 0 saturated carbocycles. The van der Waals surface area contributed by atoms with Crippen molar-refractivity contribution >= 4 is 11.9 Å². The Bertz CT molecular complexity index is 532. The Labute approximate surface area is 103 Å². The van der Waals surface area contributed by atoms with Gasteiger partial charge in [-0.05, 0) is 12.1 Å². The smallest absolute Gasteiger partial charge is 0.271 e. The number of amides is 1. The molecule has 0 unspecified atom stereocenters. The topological polar surface area (TPSA) is 89.0 Å². The largest absolute Gasteiger partial charge is 0.481 e. The maximum Gasteiger partial charge on any atom is 0.271 e. The number of methoxy groups -OCH3 is 1. The van der Waals surface area contributed by atoms with Crippen LogP contribution < -0.4 is 15.6 Å². The fraction of sp³-hybridized carbons (Fsp3) is 0.0909. The third-order valence-electron chi connectivity index (χ3n) is 2.05. The molecule has 0 aliphatic rings. The standard InChI is InChI=1S/C11H11N5O2/c1-18-9-4-6-13-11(14-9)16-15-10(17)8-3-2-5-12-7-8/h2-7H,1H3,(H,15,17)(H,13,14,16). The van der Waals surface area contributed by atoms with Crippen molar-refractivity contribution in [1.29, 1.82) is 0 Å². The molecule has 1 amide bonds. The van der Waals surface area contributed by atoms with E-state index in [0.717, 1.165) is 0 Å². The summed E-state index contributed by atoms with van der Waals surface area (Å²) < 4.78 is 4.93. The van der Waals surface area contributed by atoms with Crippen LogP contribution in [0.1, 0.15) is 10.4 Å². The summed E-state index contributed by atoms with van der Waals surface area (Å²) in [5.74, 6) is 0.323. The van der Waals surface area contributed by atoms with E-state index in [1.54, 1.807) is 24.4 Å². The van der Waals surface area contributed by atoms with Crippen molar-refractivity contribution in [2.75, 3.05) is 12.5 Å². The summed E-state index contributed by atoms with van der Waals surface area (Å²) in [6.07, 6.45) is 4.57. The number of anilines is 1. The van der Waals surface area contributed by atoms with Gasteiger partial charge >= 0.3 is 0 Å². The molecule has 2 N–H and O–H groups in total. The second-order valence-corrected chi connectivity index (χ2v) is 3.24. The molecule has 0 radical (unpaired) electrons. The normalized spacial score (nSPS) is 9.61. The summed E-state index contributed by atoms with van der Waals surface area (Å²) in [5, 5.41) is 0.